The van der Waals surface area contributed by atoms with Crippen LogP contribution in [0.3, 0.4) is 0 Å². The van der Waals surface area contributed by atoms with E-state index in [4.69, 9.17) is 0 Å². The summed E-state index contributed by atoms with van der Waals surface area (Å²) in [5.74, 6) is 0.541. The first-order chi connectivity index (χ1) is 12.4. The van der Waals surface area contributed by atoms with E-state index in [1.165, 1.54) is 0 Å². The van der Waals surface area contributed by atoms with Crippen LogP contribution in [0.5, 0.6) is 0 Å². The SMILES string of the molecule is CCN(CC)CCCC(C)NC(=NC)NCc1ccc(N(C)C)c(F)c1.I. The van der Waals surface area contributed by atoms with Gasteiger partial charge in [0, 0.05) is 33.7 Å². The standard InChI is InChI=1S/C20H36FN5.HI/c1-7-26(8-2)13-9-10-16(3)24-20(22-4)23-15-17-11-12-19(25(5)6)18(21)14-17;/h11-12,14,16H,7-10,13,15H2,1-6H3,(H2,22,23,24);1H. The number of rotatable bonds is 10. The van der Waals surface area contributed by atoms with E-state index in [1.807, 2.05) is 20.2 Å². The lowest BCUT2D eigenvalue weighted by molar-refractivity contribution is 0.292. The van der Waals surface area contributed by atoms with Gasteiger partial charge in [0.25, 0.3) is 0 Å². The summed E-state index contributed by atoms with van der Waals surface area (Å²) < 4.78 is 14.1. The summed E-state index contributed by atoms with van der Waals surface area (Å²) in [5.41, 5.74) is 1.49. The van der Waals surface area contributed by atoms with Gasteiger partial charge >= 0.3 is 0 Å². The number of hydrogen-bond donors (Lipinski definition) is 2. The molecule has 7 heteroatoms. The minimum Gasteiger partial charge on any atom is -0.375 e. The predicted molar refractivity (Wildman–Crippen MR) is 126 cm³/mol. The maximum absolute atomic E-state index is 14.1. The summed E-state index contributed by atoms with van der Waals surface area (Å²) in [6.07, 6.45) is 2.24. The van der Waals surface area contributed by atoms with Crippen LogP contribution in [0, 0.1) is 5.82 Å². The van der Waals surface area contributed by atoms with Crippen LogP contribution in [-0.2, 0) is 6.54 Å². The zero-order chi connectivity index (χ0) is 19.5. The monoisotopic (exact) mass is 493 g/mol. The molecule has 0 aliphatic heterocycles. The fourth-order valence-electron chi connectivity index (χ4n) is 2.87. The summed E-state index contributed by atoms with van der Waals surface area (Å²) >= 11 is 0. The number of aliphatic imine (C=N–C) groups is 1. The summed E-state index contributed by atoms with van der Waals surface area (Å²) in [7, 11) is 5.43. The molecule has 0 fully saturated rings. The van der Waals surface area contributed by atoms with E-state index >= 15 is 0 Å². The second-order valence-electron chi connectivity index (χ2n) is 6.82. The molecule has 5 nitrogen and oxygen atoms in total. The third-order valence-electron chi connectivity index (χ3n) is 4.57. The second-order valence-corrected chi connectivity index (χ2v) is 6.82. The van der Waals surface area contributed by atoms with Crippen molar-refractivity contribution in [1.29, 1.82) is 0 Å². The number of nitrogens with one attached hydrogen (secondary N) is 2. The summed E-state index contributed by atoms with van der Waals surface area (Å²) in [5, 5.41) is 6.67. The van der Waals surface area contributed by atoms with Crippen molar-refractivity contribution >= 4 is 35.6 Å². The van der Waals surface area contributed by atoms with Gasteiger partial charge in [-0.2, -0.15) is 0 Å². The second kappa shape index (κ2) is 14.0. The number of guanidine groups is 1. The van der Waals surface area contributed by atoms with Gasteiger partial charge in [-0.3, -0.25) is 4.99 Å². The Balaban J connectivity index is 0.00000676. The maximum Gasteiger partial charge on any atom is 0.191 e. The van der Waals surface area contributed by atoms with Gasteiger partial charge in [0.2, 0.25) is 0 Å². The van der Waals surface area contributed by atoms with Crippen LogP contribution in [-0.4, -0.2) is 57.7 Å². The van der Waals surface area contributed by atoms with Crippen LogP contribution < -0.4 is 15.5 Å². The lowest BCUT2D eigenvalue weighted by Gasteiger charge is -2.21. The van der Waals surface area contributed by atoms with E-state index < -0.39 is 0 Å². The van der Waals surface area contributed by atoms with Gasteiger partial charge in [-0.1, -0.05) is 19.9 Å². The van der Waals surface area contributed by atoms with Gasteiger partial charge in [0.05, 0.1) is 5.69 Å². The lowest BCUT2D eigenvalue weighted by Crippen LogP contribution is -2.42. The van der Waals surface area contributed by atoms with Crippen LogP contribution >= 0.6 is 24.0 Å². The molecule has 2 N–H and O–H groups in total. The van der Waals surface area contributed by atoms with Crippen LogP contribution in [0.25, 0.3) is 0 Å². The fourth-order valence-corrected chi connectivity index (χ4v) is 2.87. The molecule has 0 heterocycles. The van der Waals surface area contributed by atoms with Gasteiger partial charge in [0.1, 0.15) is 5.82 Å². The highest BCUT2D eigenvalue weighted by Gasteiger charge is 2.08. The van der Waals surface area contributed by atoms with E-state index in [9.17, 15) is 4.39 Å². The largest absolute Gasteiger partial charge is 0.375 e. The molecular formula is C20H37FIN5. The third-order valence-corrected chi connectivity index (χ3v) is 4.57. The van der Waals surface area contributed by atoms with Crippen molar-refractivity contribution in [1.82, 2.24) is 15.5 Å². The molecule has 0 aliphatic carbocycles. The van der Waals surface area contributed by atoms with Crippen LogP contribution in [0.1, 0.15) is 39.2 Å². The molecule has 0 spiro atoms. The van der Waals surface area contributed by atoms with Gasteiger partial charge in [-0.05, 0) is 57.1 Å². The molecule has 0 aliphatic rings. The van der Waals surface area contributed by atoms with E-state index in [1.54, 1.807) is 24.1 Å². The minimum absolute atomic E-state index is 0. The maximum atomic E-state index is 14.1. The van der Waals surface area contributed by atoms with Crippen molar-refractivity contribution in [2.45, 2.75) is 46.2 Å². The topological polar surface area (TPSA) is 42.9 Å². The summed E-state index contributed by atoms with van der Waals surface area (Å²) in [6.45, 7) is 10.4. The Hall–Kier alpha value is -1.09. The normalized spacial score (nSPS) is 12.5. The van der Waals surface area contributed by atoms with Crippen LogP contribution in [0.15, 0.2) is 23.2 Å². The zero-order valence-electron chi connectivity index (χ0n) is 17.7. The van der Waals surface area contributed by atoms with Gasteiger partial charge in [-0.15, -0.1) is 24.0 Å². The first kappa shape index (κ1) is 25.9. The number of anilines is 1. The minimum atomic E-state index is -0.206. The Labute approximate surface area is 181 Å². The lowest BCUT2D eigenvalue weighted by atomic mass is 10.1. The van der Waals surface area contributed by atoms with E-state index in [0.29, 0.717) is 18.3 Å². The molecule has 1 unspecified atom stereocenters. The highest BCUT2D eigenvalue weighted by molar-refractivity contribution is 14.0. The quantitative estimate of drug-likeness (QED) is 0.297. The van der Waals surface area contributed by atoms with Crippen LogP contribution in [0.2, 0.25) is 0 Å². The molecule has 27 heavy (non-hydrogen) atoms. The Bertz CT molecular complexity index is 561. The average molecular weight is 493 g/mol. The van der Waals surface area contributed by atoms with Crippen molar-refractivity contribution in [3.8, 4) is 0 Å². The number of nitrogens with zero attached hydrogens (tertiary/aromatic N) is 3. The number of halogens is 2. The van der Waals surface area contributed by atoms with E-state index in [2.05, 4.69) is 41.3 Å². The molecule has 0 aromatic heterocycles. The first-order valence-electron chi connectivity index (χ1n) is 9.56. The number of benzene rings is 1. The zero-order valence-corrected chi connectivity index (χ0v) is 20.0. The van der Waals surface area contributed by atoms with E-state index in [0.717, 1.165) is 44.0 Å². The van der Waals surface area contributed by atoms with Crippen molar-refractivity contribution in [2.24, 2.45) is 4.99 Å². The molecule has 0 saturated heterocycles. The Morgan fingerprint density at radius 3 is 2.41 bits per heavy atom. The molecule has 0 radical (unpaired) electrons. The molecule has 0 saturated carbocycles. The van der Waals surface area contributed by atoms with Crippen molar-refractivity contribution < 1.29 is 4.39 Å². The molecular weight excluding hydrogens is 456 g/mol. The molecule has 1 aromatic rings. The molecule has 1 aromatic carbocycles. The van der Waals surface area contributed by atoms with Crippen molar-refractivity contribution in [3.05, 3.63) is 29.6 Å². The van der Waals surface area contributed by atoms with Gasteiger partial charge in [0.15, 0.2) is 5.96 Å². The molecule has 156 valence electrons. The summed E-state index contributed by atoms with van der Waals surface area (Å²) in [4.78, 5) is 8.48. The average Bonchev–Trinajstić information content (AvgIpc) is 2.62. The molecule has 0 amide bonds. The smallest absolute Gasteiger partial charge is 0.191 e. The Kier molecular flexibility index (Phi) is 13.4. The Morgan fingerprint density at radius 1 is 1.22 bits per heavy atom. The van der Waals surface area contributed by atoms with Gasteiger partial charge < -0.3 is 20.4 Å². The van der Waals surface area contributed by atoms with Crippen LogP contribution in [0.4, 0.5) is 10.1 Å². The predicted octanol–water partition coefficient (Wildman–Crippen LogP) is 3.69. The molecule has 0 bridgehead atoms. The van der Waals surface area contributed by atoms with Crippen molar-refractivity contribution in [2.75, 3.05) is 45.7 Å². The first-order valence-corrected chi connectivity index (χ1v) is 9.56. The molecule has 1 rings (SSSR count). The number of hydrogen-bond acceptors (Lipinski definition) is 3. The fraction of sp³-hybridized carbons (Fsp3) is 0.650. The highest BCUT2D eigenvalue weighted by Crippen LogP contribution is 2.18. The third kappa shape index (κ3) is 9.60. The summed E-state index contributed by atoms with van der Waals surface area (Å²) in [6, 6.07) is 5.65. The van der Waals surface area contributed by atoms with Crippen molar-refractivity contribution in [3.63, 3.8) is 0 Å². The Morgan fingerprint density at radius 2 is 1.89 bits per heavy atom. The highest BCUT2D eigenvalue weighted by atomic mass is 127. The molecule has 1 atom stereocenters. The van der Waals surface area contributed by atoms with E-state index in [-0.39, 0.29) is 29.8 Å². The van der Waals surface area contributed by atoms with Gasteiger partial charge in [-0.25, -0.2) is 4.39 Å².